The minimum atomic E-state index is 0.701. The summed E-state index contributed by atoms with van der Waals surface area (Å²) >= 11 is 5.78. The number of rotatable bonds is 4. The molecule has 1 aromatic rings. The summed E-state index contributed by atoms with van der Waals surface area (Å²) in [7, 11) is 0. The van der Waals surface area contributed by atoms with E-state index in [0.29, 0.717) is 5.88 Å². The van der Waals surface area contributed by atoms with Gasteiger partial charge in [0.2, 0.25) is 0 Å². The SMILES string of the molecule is CCc1[nH]nc(C2CC2)c1CCCl. The summed E-state index contributed by atoms with van der Waals surface area (Å²) in [5.41, 5.74) is 3.96. The van der Waals surface area contributed by atoms with E-state index in [-0.39, 0.29) is 0 Å². The molecule has 1 aromatic heterocycles. The maximum Gasteiger partial charge on any atom is 0.0688 e. The number of hydrogen-bond donors (Lipinski definition) is 1. The van der Waals surface area contributed by atoms with Gasteiger partial charge in [-0.05, 0) is 31.2 Å². The smallest absolute Gasteiger partial charge is 0.0688 e. The molecule has 1 heterocycles. The fourth-order valence-electron chi connectivity index (χ4n) is 1.78. The number of H-pyrrole nitrogens is 1. The van der Waals surface area contributed by atoms with Gasteiger partial charge in [-0.1, -0.05) is 6.92 Å². The third-order valence-electron chi connectivity index (χ3n) is 2.65. The van der Waals surface area contributed by atoms with E-state index in [1.807, 2.05) is 0 Å². The lowest BCUT2D eigenvalue weighted by Crippen LogP contribution is -1.94. The van der Waals surface area contributed by atoms with Gasteiger partial charge in [-0.15, -0.1) is 11.6 Å². The molecule has 0 aliphatic heterocycles. The molecule has 0 unspecified atom stereocenters. The zero-order valence-corrected chi connectivity index (χ0v) is 8.69. The summed E-state index contributed by atoms with van der Waals surface area (Å²) < 4.78 is 0. The average Bonchev–Trinajstić information content (AvgIpc) is 2.90. The Balaban J connectivity index is 2.26. The van der Waals surface area contributed by atoms with E-state index in [1.54, 1.807) is 0 Å². The Bertz CT molecular complexity index is 289. The molecule has 2 nitrogen and oxygen atoms in total. The summed E-state index contributed by atoms with van der Waals surface area (Å²) in [5, 5.41) is 7.51. The van der Waals surface area contributed by atoms with Crippen molar-refractivity contribution in [3.8, 4) is 0 Å². The summed E-state index contributed by atoms with van der Waals surface area (Å²) in [4.78, 5) is 0. The Hall–Kier alpha value is -0.500. The van der Waals surface area contributed by atoms with Crippen LogP contribution in [-0.2, 0) is 12.8 Å². The molecule has 0 saturated heterocycles. The molecule has 3 heteroatoms. The lowest BCUT2D eigenvalue weighted by molar-refractivity contribution is 0.931. The molecule has 0 amide bonds. The predicted octanol–water partition coefficient (Wildman–Crippen LogP) is 2.63. The molecule has 2 rings (SSSR count). The first-order valence-corrected chi connectivity index (χ1v) is 5.52. The van der Waals surface area contributed by atoms with Gasteiger partial charge >= 0.3 is 0 Å². The second-order valence-corrected chi connectivity index (χ2v) is 4.01. The highest BCUT2D eigenvalue weighted by molar-refractivity contribution is 6.18. The highest BCUT2D eigenvalue weighted by atomic mass is 35.5. The summed E-state index contributed by atoms with van der Waals surface area (Å²) in [5.74, 6) is 1.43. The van der Waals surface area contributed by atoms with Crippen LogP contribution in [0.2, 0.25) is 0 Å². The van der Waals surface area contributed by atoms with Gasteiger partial charge in [0.1, 0.15) is 0 Å². The van der Waals surface area contributed by atoms with Crippen LogP contribution in [0.1, 0.15) is 42.6 Å². The molecular weight excluding hydrogens is 184 g/mol. The first-order chi connectivity index (χ1) is 6.36. The number of nitrogens with one attached hydrogen (secondary N) is 1. The fraction of sp³-hybridized carbons (Fsp3) is 0.700. The number of aromatic nitrogens is 2. The number of hydrogen-bond acceptors (Lipinski definition) is 1. The van der Waals surface area contributed by atoms with Gasteiger partial charge in [-0.3, -0.25) is 5.10 Å². The van der Waals surface area contributed by atoms with E-state index in [1.165, 1.54) is 29.8 Å². The van der Waals surface area contributed by atoms with E-state index in [2.05, 4.69) is 17.1 Å². The van der Waals surface area contributed by atoms with Crippen LogP contribution in [0, 0.1) is 0 Å². The van der Waals surface area contributed by atoms with Gasteiger partial charge in [-0.2, -0.15) is 5.10 Å². The molecule has 0 radical (unpaired) electrons. The number of alkyl halides is 1. The largest absolute Gasteiger partial charge is 0.282 e. The maximum atomic E-state index is 5.78. The number of aryl methyl sites for hydroxylation is 1. The molecule has 13 heavy (non-hydrogen) atoms. The summed E-state index contributed by atoms with van der Waals surface area (Å²) in [6, 6.07) is 0. The molecular formula is C10H15ClN2. The van der Waals surface area contributed by atoms with Crippen LogP contribution in [0.5, 0.6) is 0 Å². The second kappa shape index (κ2) is 3.70. The van der Waals surface area contributed by atoms with Gasteiger partial charge in [0, 0.05) is 17.5 Å². The molecule has 1 fully saturated rings. The summed E-state index contributed by atoms with van der Waals surface area (Å²) in [6.45, 7) is 2.15. The highest BCUT2D eigenvalue weighted by Crippen LogP contribution is 2.41. The van der Waals surface area contributed by atoms with Crippen molar-refractivity contribution in [2.75, 3.05) is 5.88 Å². The molecule has 1 saturated carbocycles. The van der Waals surface area contributed by atoms with Crippen molar-refractivity contribution >= 4 is 11.6 Å². The molecule has 0 spiro atoms. The monoisotopic (exact) mass is 198 g/mol. The van der Waals surface area contributed by atoms with E-state index >= 15 is 0 Å². The van der Waals surface area contributed by atoms with Crippen molar-refractivity contribution in [3.63, 3.8) is 0 Å². The molecule has 0 atom stereocenters. The van der Waals surface area contributed by atoms with Crippen LogP contribution in [0.15, 0.2) is 0 Å². The Morgan fingerprint density at radius 3 is 2.85 bits per heavy atom. The number of halogens is 1. The van der Waals surface area contributed by atoms with Crippen LogP contribution in [0.3, 0.4) is 0 Å². The Morgan fingerprint density at radius 2 is 2.31 bits per heavy atom. The van der Waals surface area contributed by atoms with Crippen molar-refractivity contribution in [2.24, 2.45) is 0 Å². The second-order valence-electron chi connectivity index (χ2n) is 3.63. The topological polar surface area (TPSA) is 28.7 Å². The van der Waals surface area contributed by atoms with E-state index < -0.39 is 0 Å². The zero-order valence-electron chi connectivity index (χ0n) is 7.94. The van der Waals surface area contributed by atoms with Crippen LogP contribution < -0.4 is 0 Å². The minimum absolute atomic E-state index is 0.701. The Kier molecular flexibility index (Phi) is 2.58. The lowest BCUT2D eigenvalue weighted by Gasteiger charge is -2.00. The third kappa shape index (κ3) is 1.73. The van der Waals surface area contributed by atoms with Crippen molar-refractivity contribution < 1.29 is 0 Å². The van der Waals surface area contributed by atoms with Gasteiger partial charge < -0.3 is 0 Å². The van der Waals surface area contributed by atoms with E-state index in [0.717, 1.165) is 18.8 Å². The van der Waals surface area contributed by atoms with Crippen LogP contribution >= 0.6 is 11.6 Å². The van der Waals surface area contributed by atoms with Gasteiger partial charge in [0.15, 0.2) is 0 Å². The molecule has 1 aliphatic carbocycles. The van der Waals surface area contributed by atoms with Crippen molar-refractivity contribution in [3.05, 3.63) is 17.0 Å². The Labute approximate surface area is 83.7 Å². The lowest BCUT2D eigenvalue weighted by atomic mass is 10.1. The van der Waals surface area contributed by atoms with Crippen molar-refractivity contribution in [2.45, 2.75) is 38.5 Å². The summed E-state index contributed by atoms with van der Waals surface area (Å²) in [6.07, 6.45) is 4.62. The predicted molar refractivity (Wildman–Crippen MR) is 54.4 cm³/mol. The standard InChI is InChI=1S/C10H15ClN2/c1-2-9-8(5-6-11)10(13-12-9)7-3-4-7/h7H,2-6H2,1H3,(H,12,13). The van der Waals surface area contributed by atoms with Crippen molar-refractivity contribution in [1.82, 2.24) is 10.2 Å². The van der Waals surface area contributed by atoms with E-state index in [4.69, 9.17) is 11.6 Å². The normalized spacial score (nSPS) is 16.5. The van der Waals surface area contributed by atoms with Crippen LogP contribution in [0.25, 0.3) is 0 Å². The number of aromatic amines is 1. The molecule has 0 aromatic carbocycles. The number of nitrogens with zero attached hydrogens (tertiary/aromatic N) is 1. The fourth-order valence-corrected chi connectivity index (χ4v) is 1.97. The first-order valence-electron chi connectivity index (χ1n) is 4.98. The van der Waals surface area contributed by atoms with Gasteiger partial charge in [0.05, 0.1) is 5.69 Å². The molecule has 1 aliphatic rings. The Morgan fingerprint density at radius 1 is 1.54 bits per heavy atom. The highest BCUT2D eigenvalue weighted by Gasteiger charge is 2.29. The van der Waals surface area contributed by atoms with Crippen LogP contribution in [-0.4, -0.2) is 16.1 Å². The molecule has 1 N–H and O–H groups in total. The van der Waals surface area contributed by atoms with Gasteiger partial charge in [-0.25, -0.2) is 0 Å². The molecule has 0 bridgehead atoms. The average molecular weight is 199 g/mol. The molecule has 72 valence electrons. The van der Waals surface area contributed by atoms with Crippen molar-refractivity contribution in [1.29, 1.82) is 0 Å². The maximum absolute atomic E-state index is 5.78. The zero-order chi connectivity index (χ0) is 9.26. The van der Waals surface area contributed by atoms with Crippen LogP contribution in [0.4, 0.5) is 0 Å². The quantitative estimate of drug-likeness (QED) is 0.741. The minimum Gasteiger partial charge on any atom is -0.282 e. The third-order valence-corrected chi connectivity index (χ3v) is 2.84. The van der Waals surface area contributed by atoms with E-state index in [9.17, 15) is 0 Å². The van der Waals surface area contributed by atoms with Gasteiger partial charge in [0.25, 0.3) is 0 Å². The first kappa shape index (κ1) is 9.07.